The Hall–Kier alpha value is -2.66. The molecule has 2 aromatic carbocycles. The van der Waals surface area contributed by atoms with Crippen LogP contribution in [0, 0.1) is 4.77 Å². The highest BCUT2D eigenvalue weighted by Gasteiger charge is 2.12. The maximum atomic E-state index is 12.4. The number of rotatable bonds is 6. The van der Waals surface area contributed by atoms with Crippen molar-refractivity contribution in [2.24, 2.45) is 0 Å². The SMILES string of the molecule is CC[C@H](CNC(=O)c1ccc(-n2cc[nH]c2=S)cc1)c1ccccc1. The Morgan fingerprint density at radius 3 is 2.48 bits per heavy atom. The number of H-pyrrole nitrogens is 1. The first-order valence-corrected chi connectivity index (χ1v) is 8.79. The van der Waals surface area contributed by atoms with Crippen molar-refractivity contribution in [1.29, 1.82) is 0 Å². The second kappa shape index (κ2) is 7.94. The van der Waals surface area contributed by atoms with Gasteiger partial charge in [0.05, 0.1) is 0 Å². The summed E-state index contributed by atoms with van der Waals surface area (Å²) in [5.41, 5.74) is 2.83. The first-order valence-electron chi connectivity index (χ1n) is 8.38. The number of aromatic nitrogens is 2. The molecule has 128 valence electrons. The first kappa shape index (κ1) is 17.2. The van der Waals surface area contributed by atoms with Crippen LogP contribution in [0.15, 0.2) is 67.0 Å². The number of nitrogens with zero attached hydrogens (tertiary/aromatic N) is 1. The lowest BCUT2D eigenvalue weighted by molar-refractivity contribution is 0.0951. The van der Waals surface area contributed by atoms with Crippen LogP contribution in [0.4, 0.5) is 0 Å². The van der Waals surface area contributed by atoms with Crippen molar-refractivity contribution in [3.8, 4) is 5.69 Å². The summed E-state index contributed by atoms with van der Waals surface area (Å²) in [5.74, 6) is 0.265. The molecule has 1 atom stereocenters. The molecule has 1 amide bonds. The van der Waals surface area contributed by atoms with Gasteiger partial charge in [-0.1, -0.05) is 37.3 Å². The summed E-state index contributed by atoms with van der Waals surface area (Å²) in [6, 6.07) is 17.7. The first-order chi connectivity index (χ1) is 12.2. The molecule has 3 rings (SSSR count). The molecule has 0 spiro atoms. The number of aromatic amines is 1. The molecule has 0 aliphatic heterocycles. The van der Waals surface area contributed by atoms with E-state index in [0.29, 0.717) is 22.8 Å². The van der Waals surface area contributed by atoms with Gasteiger partial charge in [-0.15, -0.1) is 0 Å². The second-order valence-corrected chi connectivity index (χ2v) is 6.29. The predicted molar refractivity (Wildman–Crippen MR) is 103 cm³/mol. The molecule has 0 saturated heterocycles. The van der Waals surface area contributed by atoms with Gasteiger partial charge >= 0.3 is 0 Å². The Balaban J connectivity index is 1.65. The fraction of sp³-hybridized carbons (Fsp3) is 0.200. The van der Waals surface area contributed by atoms with Crippen LogP contribution in [0.1, 0.15) is 35.2 Å². The van der Waals surface area contributed by atoms with Gasteiger partial charge < -0.3 is 10.3 Å². The lowest BCUT2D eigenvalue weighted by Crippen LogP contribution is -2.28. The molecule has 2 N–H and O–H groups in total. The lowest BCUT2D eigenvalue weighted by atomic mass is 9.96. The van der Waals surface area contributed by atoms with Crippen molar-refractivity contribution in [2.45, 2.75) is 19.3 Å². The standard InChI is InChI=1S/C20H21N3OS/c1-2-15(16-6-4-3-5-7-16)14-22-19(24)17-8-10-18(11-9-17)23-13-12-21-20(23)25/h3-13,15H,2,14H2,1H3,(H,21,25)(H,22,24)/t15-/m1/s1. The molecular weight excluding hydrogens is 330 g/mol. The molecule has 0 saturated carbocycles. The number of hydrogen-bond donors (Lipinski definition) is 2. The summed E-state index contributed by atoms with van der Waals surface area (Å²) in [7, 11) is 0. The normalized spacial score (nSPS) is 11.9. The zero-order valence-electron chi connectivity index (χ0n) is 14.1. The van der Waals surface area contributed by atoms with E-state index in [1.807, 2.05) is 53.2 Å². The summed E-state index contributed by atoms with van der Waals surface area (Å²) in [6.07, 6.45) is 4.63. The van der Waals surface area contributed by atoms with Gasteiger partial charge in [0.25, 0.3) is 5.91 Å². The van der Waals surface area contributed by atoms with E-state index in [2.05, 4.69) is 29.4 Å². The van der Waals surface area contributed by atoms with Gasteiger partial charge in [-0.2, -0.15) is 0 Å². The van der Waals surface area contributed by atoms with E-state index in [-0.39, 0.29) is 5.91 Å². The summed E-state index contributed by atoms with van der Waals surface area (Å²) in [5, 5.41) is 3.04. The summed E-state index contributed by atoms with van der Waals surface area (Å²) in [4.78, 5) is 15.4. The Labute approximate surface area is 152 Å². The number of amides is 1. The molecule has 3 aromatic rings. The second-order valence-electron chi connectivity index (χ2n) is 5.91. The van der Waals surface area contributed by atoms with Crippen molar-refractivity contribution in [3.63, 3.8) is 0 Å². The van der Waals surface area contributed by atoms with Crippen LogP contribution in [0.25, 0.3) is 5.69 Å². The molecule has 0 radical (unpaired) electrons. The lowest BCUT2D eigenvalue weighted by Gasteiger charge is -2.16. The Morgan fingerprint density at radius 1 is 1.16 bits per heavy atom. The number of benzene rings is 2. The van der Waals surface area contributed by atoms with Gasteiger partial charge in [0.1, 0.15) is 0 Å². The number of imidazole rings is 1. The van der Waals surface area contributed by atoms with E-state index in [1.54, 1.807) is 6.20 Å². The van der Waals surface area contributed by atoms with Crippen LogP contribution < -0.4 is 5.32 Å². The summed E-state index contributed by atoms with van der Waals surface area (Å²) in [6.45, 7) is 2.77. The molecule has 0 unspecified atom stereocenters. The summed E-state index contributed by atoms with van der Waals surface area (Å²) >= 11 is 5.21. The largest absolute Gasteiger partial charge is 0.351 e. The Bertz CT molecular complexity index is 881. The fourth-order valence-corrected chi connectivity index (χ4v) is 3.07. The average molecular weight is 351 g/mol. The van der Waals surface area contributed by atoms with Gasteiger partial charge in [-0.25, -0.2) is 0 Å². The number of nitrogens with one attached hydrogen (secondary N) is 2. The minimum absolute atomic E-state index is 0.0569. The highest BCUT2D eigenvalue weighted by atomic mass is 32.1. The smallest absolute Gasteiger partial charge is 0.251 e. The van der Waals surface area contributed by atoms with E-state index < -0.39 is 0 Å². The molecule has 0 aliphatic rings. The topological polar surface area (TPSA) is 49.8 Å². The van der Waals surface area contributed by atoms with E-state index in [4.69, 9.17) is 12.2 Å². The molecule has 1 heterocycles. The maximum Gasteiger partial charge on any atom is 0.251 e. The van der Waals surface area contributed by atoms with Crippen LogP contribution in [-0.2, 0) is 0 Å². The van der Waals surface area contributed by atoms with Crippen molar-refractivity contribution in [1.82, 2.24) is 14.9 Å². The maximum absolute atomic E-state index is 12.4. The number of hydrogen-bond acceptors (Lipinski definition) is 2. The van der Waals surface area contributed by atoms with Crippen LogP contribution in [0.2, 0.25) is 0 Å². The van der Waals surface area contributed by atoms with Crippen molar-refractivity contribution < 1.29 is 4.79 Å². The zero-order chi connectivity index (χ0) is 17.6. The Morgan fingerprint density at radius 2 is 1.88 bits per heavy atom. The third kappa shape index (κ3) is 4.06. The van der Waals surface area contributed by atoms with Gasteiger partial charge in [0.2, 0.25) is 0 Å². The van der Waals surface area contributed by atoms with Crippen LogP contribution in [0.5, 0.6) is 0 Å². The van der Waals surface area contributed by atoms with Gasteiger partial charge in [-0.3, -0.25) is 9.36 Å². The molecule has 4 nitrogen and oxygen atoms in total. The van der Waals surface area contributed by atoms with E-state index in [0.717, 1.165) is 12.1 Å². The van der Waals surface area contributed by atoms with Crippen LogP contribution in [0.3, 0.4) is 0 Å². The molecule has 25 heavy (non-hydrogen) atoms. The van der Waals surface area contributed by atoms with Gasteiger partial charge in [0.15, 0.2) is 4.77 Å². The number of carbonyl (C=O) groups is 1. The van der Waals surface area contributed by atoms with Crippen LogP contribution >= 0.6 is 12.2 Å². The minimum atomic E-state index is -0.0569. The number of carbonyl (C=O) groups excluding carboxylic acids is 1. The molecular formula is C20H21N3OS. The van der Waals surface area contributed by atoms with Crippen molar-refractivity contribution in [3.05, 3.63) is 82.9 Å². The molecule has 0 aliphatic carbocycles. The highest BCUT2D eigenvalue weighted by Crippen LogP contribution is 2.18. The predicted octanol–water partition coefficient (Wildman–Crippen LogP) is 4.46. The van der Waals surface area contributed by atoms with Gasteiger partial charge in [0, 0.05) is 36.1 Å². The third-order valence-electron chi connectivity index (χ3n) is 4.33. The monoisotopic (exact) mass is 351 g/mol. The zero-order valence-corrected chi connectivity index (χ0v) is 14.9. The quantitative estimate of drug-likeness (QED) is 0.644. The highest BCUT2D eigenvalue weighted by molar-refractivity contribution is 7.71. The molecule has 0 bridgehead atoms. The van der Waals surface area contributed by atoms with Crippen molar-refractivity contribution in [2.75, 3.05) is 6.54 Å². The molecule has 0 fully saturated rings. The van der Waals surface area contributed by atoms with E-state index >= 15 is 0 Å². The minimum Gasteiger partial charge on any atom is -0.351 e. The third-order valence-corrected chi connectivity index (χ3v) is 4.64. The van der Waals surface area contributed by atoms with Crippen LogP contribution in [-0.4, -0.2) is 22.0 Å². The molecule has 1 aromatic heterocycles. The fourth-order valence-electron chi connectivity index (χ4n) is 2.84. The summed E-state index contributed by atoms with van der Waals surface area (Å²) < 4.78 is 2.49. The average Bonchev–Trinajstić information content (AvgIpc) is 3.09. The van der Waals surface area contributed by atoms with E-state index in [9.17, 15) is 4.79 Å². The van der Waals surface area contributed by atoms with Gasteiger partial charge in [-0.05, 0) is 48.5 Å². The molecule has 5 heteroatoms. The van der Waals surface area contributed by atoms with E-state index in [1.165, 1.54) is 5.56 Å². The van der Waals surface area contributed by atoms with Crippen molar-refractivity contribution >= 4 is 18.1 Å². The Kier molecular flexibility index (Phi) is 5.46.